The Labute approximate surface area is 151 Å². The lowest BCUT2D eigenvalue weighted by molar-refractivity contribution is -0.144. The average Bonchev–Trinajstić information content (AvgIpc) is 2.94. The Balaban J connectivity index is 1.53. The zero-order chi connectivity index (χ0) is 17.4. The Morgan fingerprint density at radius 1 is 1.20 bits per heavy atom. The van der Waals surface area contributed by atoms with E-state index in [1.807, 2.05) is 6.07 Å². The number of benzene rings is 1. The van der Waals surface area contributed by atoms with Crippen molar-refractivity contribution in [1.82, 2.24) is 9.80 Å². The van der Waals surface area contributed by atoms with Crippen LogP contribution in [-0.2, 0) is 16.0 Å². The van der Waals surface area contributed by atoms with Crippen LogP contribution in [0, 0.1) is 5.92 Å². The predicted octanol–water partition coefficient (Wildman–Crippen LogP) is 3.02. The number of ether oxygens (including phenoxy) is 1. The Hall–Kier alpha value is -1.39. The molecule has 3 atom stereocenters. The zero-order valence-electron chi connectivity index (χ0n) is 15.5. The van der Waals surface area contributed by atoms with E-state index in [4.69, 9.17) is 4.74 Å². The van der Waals surface area contributed by atoms with Gasteiger partial charge in [-0.3, -0.25) is 9.69 Å². The summed E-state index contributed by atoms with van der Waals surface area (Å²) in [5.74, 6) is 0.789. The van der Waals surface area contributed by atoms with Crippen molar-refractivity contribution in [3.05, 3.63) is 35.4 Å². The van der Waals surface area contributed by atoms with Crippen molar-refractivity contribution < 1.29 is 9.53 Å². The lowest BCUT2D eigenvalue weighted by Crippen LogP contribution is -2.45. The summed E-state index contributed by atoms with van der Waals surface area (Å²) in [7, 11) is 0. The molecule has 1 unspecified atom stereocenters. The van der Waals surface area contributed by atoms with Gasteiger partial charge >= 0.3 is 0 Å². The molecule has 4 nitrogen and oxygen atoms in total. The summed E-state index contributed by atoms with van der Waals surface area (Å²) in [6.45, 7) is 8.15. The second-order valence-electron chi connectivity index (χ2n) is 8.10. The predicted molar refractivity (Wildman–Crippen MR) is 98.4 cm³/mol. The van der Waals surface area contributed by atoms with Crippen molar-refractivity contribution in [2.45, 2.75) is 57.7 Å². The molecule has 4 heteroatoms. The summed E-state index contributed by atoms with van der Waals surface area (Å²) < 4.78 is 5.93. The molecule has 0 N–H and O–H groups in total. The standard InChI is InChI=1S/C21H30N2O2/c1-15(2)23-11-6-5-8-17-13-22(14-19(17)23)21(24)20-18-9-4-3-7-16(18)10-12-25-20/h3-4,7,9,15,17,19-20H,5-6,8,10-14H2,1-2H3/t17-,19+,20?/m0/s1. The van der Waals surface area contributed by atoms with Crippen LogP contribution < -0.4 is 0 Å². The van der Waals surface area contributed by atoms with Gasteiger partial charge in [-0.2, -0.15) is 0 Å². The Kier molecular flexibility index (Phi) is 4.83. The molecular weight excluding hydrogens is 312 g/mol. The van der Waals surface area contributed by atoms with Crippen LogP contribution >= 0.6 is 0 Å². The quantitative estimate of drug-likeness (QED) is 0.828. The molecule has 0 spiro atoms. The van der Waals surface area contributed by atoms with Gasteiger partial charge in [0.25, 0.3) is 5.91 Å². The first-order chi connectivity index (χ1) is 12.1. The topological polar surface area (TPSA) is 32.8 Å². The number of rotatable bonds is 2. The fourth-order valence-corrected chi connectivity index (χ4v) is 4.97. The highest BCUT2D eigenvalue weighted by atomic mass is 16.5. The first-order valence-corrected chi connectivity index (χ1v) is 9.89. The highest BCUT2D eigenvalue weighted by Gasteiger charge is 2.42. The molecule has 0 aliphatic carbocycles. The van der Waals surface area contributed by atoms with Crippen LogP contribution in [0.5, 0.6) is 0 Å². The minimum absolute atomic E-state index is 0.170. The first kappa shape index (κ1) is 17.0. The van der Waals surface area contributed by atoms with Gasteiger partial charge in [0.1, 0.15) is 0 Å². The summed E-state index contributed by atoms with van der Waals surface area (Å²) in [5.41, 5.74) is 2.34. The maximum atomic E-state index is 13.3. The van der Waals surface area contributed by atoms with E-state index in [2.05, 4.69) is 41.8 Å². The van der Waals surface area contributed by atoms with E-state index in [0.717, 1.165) is 25.1 Å². The number of likely N-dealkylation sites (tertiary alicyclic amines) is 2. The van der Waals surface area contributed by atoms with Crippen molar-refractivity contribution in [2.24, 2.45) is 5.92 Å². The van der Waals surface area contributed by atoms with E-state index in [1.165, 1.54) is 31.4 Å². The van der Waals surface area contributed by atoms with Gasteiger partial charge in [0, 0.05) is 25.2 Å². The largest absolute Gasteiger partial charge is 0.363 e. The summed E-state index contributed by atoms with van der Waals surface area (Å²) in [5, 5.41) is 0. The molecule has 3 aliphatic heterocycles. The van der Waals surface area contributed by atoms with Gasteiger partial charge in [0.2, 0.25) is 0 Å². The smallest absolute Gasteiger partial charge is 0.256 e. The number of nitrogens with zero attached hydrogens (tertiary/aromatic N) is 2. The minimum Gasteiger partial charge on any atom is -0.363 e. The normalized spacial score (nSPS) is 30.0. The molecule has 0 saturated carbocycles. The van der Waals surface area contributed by atoms with Crippen LogP contribution in [0.25, 0.3) is 0 Å². The number of hydrogen-bond acceptors (Lipinski definition) is 3. The van der Waals surface area contributed by atoms with Gasteiger partial charge in [-0.25, -0.2) is 0 Å². The van der Waals surface area contributed by atoms with Gasteiger partial charge in [-0.05, 0) is 56.7 Å². The van der Waals surface area contributed by atoms with Gasteiger partial charge in [-0.1, -0.05) is 30.7 Å². The highest BCUT2D eigenvalue weighted by molar-refractivity contribution is 5.83. The van der Waals surface area contributed by atoms with Gasteiger partial charge in [0.15, 0.2) is 6.10 Å². The highest BCUT2D eigenvalue weighted by Crippen LogP contribution is 2.35. The van der Waals surface area contributed by atoms with Crippen LogP contribution in [-0.4, -0.2) is 54.0 Å². The van der Waals surface area contributed by atoms with Gasteiger partial charge in [-0.15, -0.1) is 0 Å². The lowest BCUT2D eigenvalue weighted by Gasteiger charge is -2.33. The third kappa shape index (κ3) is 3.22. The Bertz CT molecular complexity index is 630. The van der Waals surface area contributed by atoms with Crippen molar-refractivity contribution in [3.63, 3.8) is 0 Å². The molecule has 1 aromatic carbocycles. The third-order valence-electron chi connectivity index (χ3n) is 6.27. The molecule has 1 amide bonds. The second kappa shape index (κ2) is 7.08. The minimum atomic E-state index is -0.403. The summed E-state index contributed by atoms with van der Waals surface area (Å²) in [4.78, 5) is 18.0. The Morgan fingerprint density at radius 3 is 2.88 bits per heavy atom. The number of amides is 1. The zero-order valence-corrected chi connectivity index (χ0v) is 15.5. The van der Waals surface area contributed by atoms with E-state index in [9.17, 15) is 4.79 Å². The van der Waals surface area contributed by atoms with Crippen molar-refractivity contribution >= 4 is 5.91 Å². The molecule has 3 heterocycles. The fourth-order valence-electron chi connectivity index (χ4n) is 4.97. The number of carbonyl (C=O) groups is 1. The monoisotopic (exact) mass is 342 g/mol. The first-order valence-electron chi connectivity index (χ1n) is 9.89. The number of hydrogen-bond donors (Lipinski definition) is 0. The van der Waals surface area contributed by atoms with E-state index in [1.54, 1.807) is 0 Å². The maximum Gasteiger partial charge on any atom is 0.256 e. The van der Waals surface area contributed by atoms with E-state index in [-0.39, 0.29) is 5.91 Å². The second-order valence-corrected chi connectivity index (χ2v) is 8.10. The van der Waals surface area contributed by atoms with Gasteiger partial charge < -0.3 is 9.64 Å². The molecule has 136 valence electrons. The third-order valence-corrected chi connectivity index (χ3v) is 6.27. The van der Waals surface area contributed by atoms with Crippen LogP contribution in [0.4, 0.5) is 0 Å². The molecule has 0 radical (unpaired) electrons. The number of carbonyl (C=O) groups excluding carboxylic acids is 1. The van der Waals surface area contributed by atoms with Crippen LogP contribution in [0.1, 0.15) is 50.3 Å². The van der Waals surface area contributed by atoms with Crippen LogP contribution in [0.2, 0.25) is 0 Å². The molecule has 0 bridgehead atoms. The maximum absolute atomic E-state index is 13.3. The number of fused-ring (bicyclic) bond motifs is 2. The summed E-state index contributed by atoms with van der Waals surface area (Å²) in [6, 6.07) is 9.33. The van der Waals surface area contributed by atoms with Crippen molar-refractivity contribution in [1.29, 1.82) is 0 Å². The van der Waals surface area contributed by atoms with E-state index < -0.39 is 6.10 Å². The van der Waals surface area contributed by atoms with E-state index >= 15 is 0 Å². The molecule has 1 aromatic rings. The Morgan fingerprint density at radius 2 is 2.04 bits per heavy atom. The van der Waals surface area contributed by atoms with E-state index in [0.29, 0.717) is 24.6 Å². The van der Waals surface area contributed by atoms with Crippen molar-refractivity contribution in [3.8, 4) is 0 Å². The van der Waals surface area contributed by atoms with Crippen LogP contribution in [0.3, 0.4) is 0 Å². The fraction of sp³-hybridized carbons (Fsp3) is 0.667. The molecular formula is C21H30N2O2. The molecule has 4 rings (SSSR count). The molecule has 2 fully saturated rings. The van der Waals surface area contributed by atoms with Crippen LogP contribution in [0.15, 0.2) is 24.3 Å². The SMILES string of the molecule is CC(C)N1CCCC[C@H]2CN(C(=O)C3OCCc4ccccc43)C[C@H]21. The molecule has 25 heavy (non-hydrogen) atoms. The van der Waals surface area contributed by atoms with Crippen molar-refractivity contribution in [2.75, 3.05) is 26.2 Å². The molecule has 2 saturated heterocycles. The summed E-state index contributed by atoms with van der Waals surface area (Å²) in [6.07, 6.45) is 4.33. The molecule has 0 aromatic heterocycles. The van der Waals surface area contributed by atoms with Gasteiger partial charge in [0.05, 0.1) is 6.61 Å². The molecule has 3 aliphatic rings. The summed E-state index contributed by atoms with van der Waals surface area (Å²) >= 11 is 0. The lowest BCUT2D eigenvalue weighted by atomic mass is 9.97. The average molecular weight is 342 g/mol.